The maximum Gasteiger partial charge on any atom is 0.305 e. The van der Waals surface area contributed by atoms with Crippen LogP contribution >= 0.6 is 0 Å². The summed E-state index contributed by atoms with van der Waals surface area (Å²) in [6, 6.07) is 16.6. The van der Waals surface area contributed by atoms with Crippen LogP contribution < -0.4 is 10.6 Å². The molecular weight excluding hydrogens is 499 g/mol. The van der Waals surface area contributed by atoms with Gasteiger partial charge in [-0.15, -0.1) is 0 Å². The van der Waals surface area contributed by atoms with E-state index in [0.29, 0.717) is 39.8 Å². The summed E-state index contributed by atoms with van der Waals surface area (Å²) in [5, 5.41) is 6.15. The summed E-state index contributed by atoms with van der Waals surface area (Å²) >= 11 is 0. The third-order valence-corrected chi connectivity index (χ3v) is 6.81. The van der Waals surface area contributed by atoms with Gasteiger partial charge in [0.2, 0.25) is 0 Å². The van der Waals surface area contributed by atoms with E-state index in [1.165, 1.54) is 26.3 Å². The lowest BCUT2D eigenvalue weighted by Crippen LogP contribution is -2.25. The molecule has 0 saturated heterocycles. The maximum absolute atomic E-state index is 13.6. The molecule has 0 aliphatic heterocycles. The molecule has 3 aromatic carbocycles. The number of halogens is 1. The van der Waals surface area contributed by atoms with Crippen LogP contribution in [0.5, 0.6) is 0 Å². The van der Waals surface area contributed by atoms with Gasteiger partial charge in [-0.05, 0) is 84.5 Å². The molecule has 1 aliphatic carbocycles. The Balaban J connectivity index is 1.67. The number of aryl methyl sites for hydroxylation is 1. The number of allylic oxidation sites excluding steroid dienone is 2. The fourth-order valence-corrected chi connectivity index (χ4v) is 4.60. The van der Waals surface area contributed by atoms with Crippen LogP contribution in [0, 0.1) is 5.82 Å². The smallest absolute Gasteiger partial charge is 0.305 e. The van der Waals surface area contributed by atoms with Crippen molar-refractivity contribution in [3.63, 3.8) is 0 Å². The van der Waals surface area contributed by atoms with Crippen molar-refractivity contribution in [3.05, 3.63) is 94.9 Å². The fraction of sp³-hybridized carbons (Fsp3) is 0.194. The summed E-state index contributed by atoms with van der Waals surface area (Å²) in [5.74, 6) is -1.01. The van der Waals surface area contributed by atoms with Gasteiger partial charge in [0.25, 0.3) is 11.8 Å². The predicted molar refractivity (Wildman–Crippen MR) is 146 cm³/mol. The van der Waals surface area contributed by atoms with Crippen molar-refractivity contribution in [1.82, 2.24) is 10.6 Å². The standard InChI is InChI=1S/C31H27FN2O5/c1-33-31(37)28-25-17-24(19-5-3-6-21(15-19)30(36)34-23-7-4-8-23)20(11-14-27(35)38-2)16-26(25)39-29(28)18-9-12-22(32)13-10-18/h3,5-7,9-10,12-13,15-17H,4,8,11,14H2,1-2H3,(H,33,37)(H,34,36). The Morgan fingerprint density at radius 2 is 1.77 bits per heavy atom. The number of hydrogen-bond donors (Lipinski definition) is 2. The Hall–Kier alpha value is -4.72. The van der Waals surface area contributed by atoms with Crippen molar-refractivity contribution in [1.29, 1.82) is 0 Å². The molecule has 0 saturated carbocycles. The molecule has 1 heterocycles. The van der Waals surface area contributed by atoms with Crippen molar-refractivity contribution in [3.8, 4) is 22.5 Å². The van der Waals surface area contributed by atoms with Crippen LogP contribution in [-0.4, -0.2) is 31.9 Å². The van der Waals surface area contributed by atoms with E-state index < -0.39 is 5.82 Å². The second-order valence-corrected chi connectivity index (χ2v) is 9.28. The van der Waals surface area contributed by atoms with E-state index in [-0.39, 0.29) is 24.2 Å². The van der Waals surface area contributed by atoms with E-state index in [9.17, 15) is 18.8 Å². The fourth-order valence-electron chi connectivity index (χ4n) is 4.60. The number of nitrogens with one attached hydrogen (secondary N) is 2. The van der Waals surface area contributed by atoms with Gasteiger partial charge < -0.3 is 19.8 Å². The van der Waals surface area contributed by atoms with E-state index >= 15 is 0 Å². The molecule has 2 amide bonds. The third-order valence-electron chi connectivity index (χ3n) is 6.81. The summed E-state index contributed by atoms with van der Waals surface area (Å²) in [4.78, 5) is 37.9. The predicted octanol–water partition coefficient (Wildman–Crippen LogP) is 5.78. The maximum atomic E-state index is 13.6. The first-order valence-electron chi connectivity index (χ1n) is 12.6. The molecule has 5 rings (SSSR count). The van der Waals surface area contributed by atoms with Crippen molar-refractivity contribution in [2.75, 3.05) is 14.2 Å². The van der Waals surface area contributed by atoms with Gasteiger partial charge in [0.1, 0.15) is 17.2 Å². The average molecular weight is 527 g/mol. The van der Waals surface area contributed by atoms with Crippen LogP contribution in [0.3, 0.4) is 0 Å². The van der Waals surface area contributed by atoms with E-state index in [1.54, 1.807) is 36.4 Å². The molecule has 1 aliphatic rings. The highest BCUT2D eigenvalue weighted by molar-refractivity contribution is 6.12. The summed E-state index contributed by atoms with van der Waals surface area (Å²) in [7, 11) is 2.87. The van der Waals surface area contributed by atoms with Crippen molar-refractivity contribution >= 4 is 28.8 Å². The Labute approximate surface area is 224 Å². The first-order valence-corrected chi connectivity index (χ1v) is 12.6. The molecule has 198 valence electrons. The normalized spacial score (nSPS) is 12.4. The van der Waals surface area contributed by atoms with Gasteiger partial charge in [0.05, 0.1) is 12.7 Å². The van der Waals surface area contributed by atoms with Crippen LogP contribution in [0.15, 0.2) is 76.9 Å². The van der Waals surface area contributed by atoms with E-state index in [1.807, 2.05) is 18.2 Å². The number of ether oxygens (including phenoxy) is 1. The monoisotopic (exact) mass is 526 g/mol. The average Bonchev–Trinajstić information content (AvgIpc) is 3.31. The van der Waals surface area contributed by atoms with Crippen LogP contribution in [0.1, 0.15) is 45.5 Å². The van der Waals surface area contributed by atoms with Crippen LogP contribution in [0.25, 0.3) is 33.4 Å². The molecule has 0 unspecified atom stereocenters. The van der Waals surface area contributed by atoms with Gasteiger partial charge in [-0.1, -0.05) is 18.2 Å². The number of methoxy groups -OCH3 is 1. The number of fused-ring (bicyclic) bond motifs is 1. The van der Waals surface area contributed by atoms with Crippen LogP contribution in [-0.2, 0) is 16.0 Å². The molecule has 0 spiro atoms. The molecular formula is C31H27FN2O5. The molecule has 0 radical (unpaired) electrons. The number of carbonyl (C=O) groups is 3. The van der Waals surface area contributed by atoms with Gasteiger partial charge in [0, 0.05) is 35.7 Å². The minimum absolute atomic E-state index is 0.136. The third kappa shape index (κ3) is 5.31. The minimum atomic E-state index is -0.402. The molecule has 0 atom stereocenters. The molecule has 39 heavy (non-hydrogen) atoms. The van der Waals surface area contributed by atoms with Crippen LogP contribution in [0.4, 0.5) is 4.39 Å². The Bertz CT molecular complexity index is 1620. The summed E-state index contributed by atoms with van der Waals surface area (Å²) in [6.45, 7) is 0. The zero-order valence-corrected chi connectivity index (χ0v) is 21.6. The summed E-state index contributed by atoms with van der Waals surface area (Å²) < 4.78 is 24.6. The van der Waals surface area contributed by atoms with Crippen LogP contribution in [0.2, 0.25) is 0 Å². The topological polar surface area (TPSA) is 97.6 Å². The lowest BCUT2D eigenvalue weighted by atomic mass is 9.92. The number of hydrogen-bond acceptors (Lipinski definition) is 5. The van der Waals surface area contributed by atoms with Gasteiger partial charge >= 0.3 is 5.97 Å². The highest BCUT2D eigenvalue weighted by atomic mass is 19.1. The van der Waals surface area contributed by atoms with Gasteiger partial charge in [-0.25, -0.2) is 4.39 Å². The molecule has 0 bridgehead atoms. The Kier molecular flexibility index (Phi) is 7.27. The molecule has 7 nitrogen and oxygen atoms in total. The lowest BCUT2D eigenvalue weighted by molar-refractivity contribution is -0.140. The highest BCUT2D eigenvalue weighted by Gasteiger charge is 2.24. The van der Waals surface area contributed by atoms with E-state index in [4.69, 9.17) is 9.15 Å². The first-order chi connectivity index (χ1) is 18.9. The minimum Gasteiger partial charge on any atom is -0.469 e. The number of amides is 2. The second-order valence-electron chi connectivity index (χ2n) is 9.28. The Morgan fingerprint density at radius 1 is 1.00 bits per heavy atom. The molecule has 1 aromatic heterocycles. The molecule has 2 N–H and O–H groups in total. The largest absolute Gasteiger partial charge is 0.469 e. The first kappa shape index (κ1) is 25.9. The zero-order chi connectivity index (χ0) is 27.5. The number of carbonyl (C=O) groups excluding carboxylic acids is 3. The van der Waals surface area contributed by atoms with Gasteiger partial charge in [-0.2, -0.15) is 0 Å². The van der Waals surface area contributed by atoms with Crippen molar-refractivity contribution in [2.45, 2.75) is 25.7 Å². The molecule has 0 fully saturated rings. The van der Waals surface area contributed by atoms with E-state index in [0.717, 1.165) is 35.2 Å². The second kappa shape index (κ2) is 10.9. The number of benzene rings is 3. The number of rotatable bonds is 8. The zero-order valence-electron chi connectivity index (χ0n) is 21.6. The lowest BCUT2D eigenvalue weighted by Gasteiger charge is -2.16. The quantitative estimate of drug-likeness (QED) is 0.284. The number of furan rings is 1. The SMILES string of the molecule is CNC(=O)c1c(-c2ccc(F)cc2)oc2cc(CCC(=O)OC)c(-c3cccc(C(=O)NC4=CCC4)c3)cc12. The van der Waals surface area contributed by atoms with Gasteiger partial charge in [-0.3, -0.25) is 14.4 Å². The van der Waals surface area contributed by atoms with E-state index in [2.05, 4.69) is 10.6 Å². The highest BCUT2D eigenvalue weighted by Crippen LogP contribution is 2.38. The number of esters is 1. The summed E-state index contributed by atoms with van der Waals surface area (Å²) in [6.07, 6.45) is 4.27. The Morgan fingerprint density at radius 3 is 2.44 bits per heavy atom. The van der Waals surface area contributed by atoms with Crippen molar-refractivity contribution < 1.29 is 27.9 Å². The van der Waals surface area contributed by atoms with Gasteiger partial charge in [0.15, 0.2) is 0 Å². The molecule has 4 aromatic rings. The van der Waals surface area contributed by atoms with Crippen molar-refractivity contribution in [2.24, 2.45) is 0 Å². The summed E-state index contributed by atoms with van der Waals surface area (Å²) in [5.41, 5.74) is 4.99. The molecule has 8 heteroatoms.